The summed E-state index contributed by atoms with van der Waals surface area (Å²) in [6.07, 6.45) is -2.01. The van der Waals surface area contributed by atoms with Crippen molar-refractivity contribution >= 4 is 0 Å². The van der Waals surface area contributed by atoms with Gasteiger partial charge in [-0.3, -0.25) is 11.3 Å². The Morgan fingerprint density at radius 3 is 2.40 bits per heavy atom. The average Bonchev–Trinajstić information content (AvgIpc) is 2.42. The van der Waals surface area contributed by atoms with Crippen LogP contribution in [0, 0.1) is 0 Å². The highest BCUT2D eigenvalue weighted by Crippen LogP contribution is 2.29. The van der Waals surface area contributed by atoms with Gasteiger partial charge in [0.15, 0.2) is 0 Å². The van der Waals surface area contributed by atoms with Crippen molar-refractivity contribution in [2.75, 3.05) is 13.2 Å². The quantitative estimate of drug-likeness (QED) is 0.440. The number of alkyl halides is 3. The average molecular weight is 290 g/mol. The van der Waals surface area contributed by atoms with Crippen LogP contribution in [0.2, 0.25) is 0 Å². The first-order valence-corrected chi connectivity index (χ1v) is 6.67. The summed E-state index contributed by atoms with van der Waals surface area (Å²) in [6, 6.07) is 5.23. The maximum Gasteiger partial charge on any atom is 0.416 e. The molecule has 20 heavy (non-hydrogen) atoms. The monoisotopic (exact) mass is 290 g/mol. The predicted molar refractivity (Wildman–Crippen MR) is 72.0 cm³/mol. The number of nitrogens with two attached hydrogens (primary N) is 1. The third-order valence-corrected chi connectivity index (χ3v) is 3.04. The predicted octanol–water partition coefficient (Wildman–Crippen LogP) is 2.90. The first-order chi connectivity index (χ1) is 9.47. The van der Waals surface area contributed by atoms with E-state index in [1.807, 2.05) is 6.92 Å². The van der Waals surface area contributed by atoms with Crippen molar-refractivity contribution in [3.63, 3.8) is 0 Å². The Kier molecular flexibility index (Phi) is 6.98. The molecule has 3 N–H and O–H groups in total. The molecule has 0 radical (unpaired) electrons. The molecule has 1 aromatic rings. The van der Waals surface area contributed by atoms with Gasteiger partial charge < -0.3 is 4.74 Å². The lowest BCUT2D eigenvalue weighted by Crippen LogP contribution is -2.37. The Hall–Kier alpha value is -1.11. The number of nitrogens with one attached hydrogen (secondary N) is 1. The van der Waals surface area contributed by atoms with Crippen LogP contribution in [-0.4, -0.2) is 19.3 Å². The molecular weight excluding hydrogens is 269 g/mol. The molecule has 0 aliphatic rings. The third kappa shape index (κ3) is 5.90. The van der Waals surface area contributed by atoms with Crippen molar-refractivity contribution in [1.82, 2.24) is 5.43 Å². The van der Waals surface area contributed by atoms with Gasteiger partial charge in [-0.15, -0.1) is 0 Å². The van der Waals surface area contributed by atoms with E-state index >= 15 is 0 Å². The normalized spacial score (nSPS) is 13.4. The van der Waals surface area contributed by atoms with Crippen LogP contribution >= 0.6 is 0 Å². The lowest BCUT2D eigenvalue weighted by molar-refractivity contribution is -0.137. The molecule has 0 amide bonds. The summed E-state index contributed by atoms with van der Waals surface area (Å²) >= 11 is 0. The topological polar surface area (TPSA) is 47.3 Å². The van der Waals surface area contributed by atoms with E-state index in [1.165, 1.54) is 12.1 Å². The fourth-order valence-electron chi connectivity index (χ4n) is 1.93. The summed E-state index contributed by atoms with van der Waals surface area (Å²) in [4.78, 5) is 0. The second-order valence-electron chi connectivity index (χ2n) is 4.60. The van der Waals surface area contributed by atoms with E-state index in [4.69, 9.17) is 10.6 Å². The van der Waals surface area contributed by atoms with E-state index in [0.717, 1.165) is 30.5 Å². The van der Waals surface area contributed by atoms with Crippen molar-refractivity contribution in [1.29, 1.82) is 0 Å². The van der Waals surface area contributed by atoms with Crippen molar-refractivity contribution in [2.45, 2.75) is 38.4 Å². The van der Waals surface area contributed by atoms with Crippen LogP contribution < -0.4 is 11.3 Å². The molecule has 0 aliphatic heterocycles. The van der Waals surface area contributed by atoms with Gasteiger partial charge in [0.2, 0.25) is 0 Å². The molecule has 1 unspecified atom stereocenters. The second-order valence-corrected chi connectivity index (χ2v) is 4.60. The van der Waals surface area contributed by atoms with Gasteiger partial charge in [-0.25, -0.2) is 0 Å². The molecule has 0 spiro atoms. The summed E-state index contributed by atoms with van der Waals surface area (Å²) in [5, 5.41) is 0. The maximum atomic E-state index is 12.4. The van der Waals surface area contributed by atoms with E-state index in [2.05, 4.69) is 5.43 Å². The van der Waals surface area contributed by atoms with Gasteiger partial charge in [0, 0.05) is 19.3 Å². The molecule has 3 nitrogen and oxygen atoms in total. The Morgan fingerprint density at radius 2 is 1.90 bits per heavy atom. The number of hydrogen-bond donors (Lipinski definition) is 2. The van der Waals surface area contributed by atoms with Crippen LogP contribution in [0.15, 0.2) is 24.3 Å². The second kappa shape index (κ2) is 8.24. The molecule has 1 rings (SSSR count). The zero-order valence-electron chi connectivity index (χ0n) is 11.5. The maximum absolute atomic E-state index is 12.4. The van der Waals surface area contributed by atoms with Gasteiger partial charge >= 0.3 is 6.18 Å². The third-order valence-electron chi connectivity index (χ3n) is 3.04. The molecule has 0 saturated carbocycles. The molecule has 0 bridgehead atoms. The van der Waals surface area contributed by atoms with Crippen molar-refractivity contribution in [3.8, 4) is 0 Å². The first-order valence-electron chi connectivity index (χ1n) is 6.67. The van der Waals surface area contributed by atoms with E-state index in [9.17, 15) is 13.2 Å². The van der Waals surface area contributed by atoms with Crippen LogP contribution in [0.5, 0.6) is 0 Å². The number of benzene rings is 1. The summed E-state index contributed by atoms with van der Waals surface area (Å²) < 4.78 is 42.6. The smallest absolute Gasteiger partial charge is 0.382 e. The van der Waals surface area contributed by atoms with E-state index in [1.54, 1.807) is 0 Å². The molecule has 0 heterocycles. The minimum Gasteiger partial charge on any atom is -0.382 e. The minimum absolute atomic E-state index is 0.0344. The molecular formula is C14H21F3N2O. The SMILES string of the molecule is CCOCCCC(Cc1ccc(C(F)(F)F)cc1)NN. The molecule has 0 saturated heterocycles. The lowest BCUT2D eigenvalue weighted by atomic mass is 10.0. The Morgan fingerprint density at radius 1 is 1.25 bits per heavy atom. The zero-order valence-corrected chi connectivity index (χ0v) is 11.5. The van der Waals surface area contributed by atoms with Gasteiger partial charge in [0.05, 0.1) is 5.56 Å². The molecule has 1 aromatic carbocycles. The number of rotatable bonds is 8. The molecule has 1 atom stereocenters. The Balaban J connectivity index is 2.49. The molecule has 0 fully saturated rings. The standard InChI is InChI=1S/C14H21F3N2O/c1-2-20-9-3-4-13(19-18)10-11-5-7-12(8-6-11)14(15,16)17/h5-8,13,19H,2-4,9-10,18H2,1H3. The molecule has 0 aliphatic carbocycles. The summed E-state index contributed by atoms with van der Waals surface area (Å²) in [7, 11) is 0. The number of hydrogen-bond acceptors (Lipinski definition) is 3. The zero-order chi connectivity index (χ0) is 15.0. The van der Waals surface area contributed by atoms with Crippen LogP contribution in [0.25, 0.3) is 0 Å². The molecule has 6 heteroatoms. The lowest BCUT2D eigenvalue weighted by Gasteiger charge is -2.16. The molecule has 114 valence electrons. The van der Waals surface area contributed by atoms with Crippen molar-refractivity contribution in [2.24, 2.45) is 5.84 Å². The van der Waals surface area contributed by atoms with Crippen LogP contribution in [0.3, 0.4) is 0 Å². The largest absolute Gasteiger partial charge is 0.416 e. The number of hydrazine groups is 1. The van der Waals surface area contributed by atoms with Crippen LogP contribution in [0.4, 0.5) is 13.2 Å². The fraction of sp³-hybridized carbons (Fsp3) is 0.571. The van der Waals surface area contributed by atoms with Crippen LogP contribution in [0.1, 0.15) is 30.9 Å². The van der Waals surface area contributed by atoms with Gasteiger partial charge in [0.25, 0.3) is 0 Å². The number of ether oxygens (including phenoxy) is 1. The highest BCUT2D eigenvalue weighted by molar-refractivity contribution is 5.25. The fourth-order valence-corrected chi connectivity index (χ4v) is 1.93. The van der Waals surface area contributed by atoms with Crippen LogP contribution in [-0.2, 0) is 17.3 Å². The van der Waals surface area contributed by atoms with E-state index in [-0.39, 0.29) is 6.04 Å². The van der Waals surface area contributed by atoms with Crippen molar-refractivity contribution in [3.05, 3.63) is 35.4 Å². The summed E-state index contributed by atoms with van der Waals surface area (Å²) in [5.41, 5.74) is 2.90. The Labute approximate surface area is 117 Å². The minimum atomic E-state index is -4.29. The first kappa shape index (κ1) is 16.9. The Bertz CT molecular complexity index is 379. The highest BCUT2D eigenvalue weighted by Gasteiger charge is 2.29. The van der Waals surface area contributed by atoms with Gasteiger partial charge in [0.1, 0.15) is 0 Å². The van der Waals surface area contributed by atoms with E-state index in [0.29, 0.717) is 19.6 Å². The van der Waals surface area contributed by atoms with Gasteiger partial charge in [-0.2, -0.15) is 13.2 Å². The molecule has 0 aromatic heterocycles. The van der Waals surface area contributed by atoms with Crippen molar-refractivity contribution < 1.29 is 17.9 Å². The van der Waals surface area contributed by atoms with Gasteiger partial charge in [-0.05, 0) is 43.9 Å². The summed E-state index contributed by atoms with van der Waals surface area (Å²) in [5.74, 6) is 5.46. The van der Waals surface area contributed by atoms with E-state index < -0.39 is 11.7 Å². The van der Waals surface area contributed by atoms with Gasteiger partial charge in [-0.1, -0.05) is 12.1 Å². The number of halogens is 3. The summed E-state index contributed by atoms with van der Waals surface area (Å²) in [6.45, 7) is 3.28. The highest BCUT2D eigenvalue weighted by atomic mass is 19.4.